The van der Waals surface area contributed by atoms with Crippen LogP contribution in [0.3, 0.4) is 0 Å². The van der Waals surface area contributed by atoms with Gasteiger partial charge in [0.2, 0.25) is 5.95 Å². The predicted molar refractivity (Wildman–Crippen MR) is 112 cm³/mol. The Balaban J connectivity index is 1.66. The molecule has 3 heterocycles. The maximum Gasteiger partial charge on any atom is 0.416 e. The fourth-order valence-electron chi connectivity index (χ4n) is 3.82. The molecule has 4 rings (SSSR count). The van der Waals surface area contributed by atoms with Crippen molar-refractivity contribution in [3.05, 3.63) is 41.7 Å². The van der Waals surface area contributed by atoms with E-state index in [0.29, 0.717) is 35.0 Å². The molecule has 0 amide bonds. The van der Waals surface area contributed by atoms with Gasteiger partial charge >= 0.3 is 6.18 Å². The van der Waals surface area contributed by atoms with Crippen LogP contribution in [0.2, 0.25) is 0 Å². The zero-order chi connectivity index (χ0) is 22.2. The van der Waals surface area contributed by atoms with Gasteiger partial charge in [0.25, 0.3) is 0 Å². The minimum Gasteiger partial charge on any atom is -0.394 e. The van der Waals surface area contributed by atoms with Gasteiger partial charge in [-0.1, -0.05) is 12.1 Å². The van der Waals surface area contributed by atoms with E-state index in [-0.39, 0.29) is 18.7 Å². The molecular weight excluding hydrogens is 409 g/mol. The fraction of sp³-hybridized carbons (Fsp3) is 0.476. The second-order valence-corrected chi connectivity index (χ2v) is 8.01. The molecule has 1 saturated heterocycles. The lowest BCUT2D eigenvalue weighted by molar-refractivity contribution is -0.137. The van der Waals surface area contributed by atoms with E-state index in [1.165, 1.54) is 12.1 Å². The number of nitrogens with zero attached hydrogens (tertiary/aromatic N) is 5. The highest BCUT2D eigenvalue weighted by Crippen LogP contribution is 2.30. The summed E-state index contributed by atoms with van der Waals surface area (Å²) in [6.45, 7) is 5.14. The Morgan fingerprint density at radius 2 is 1.94 bits per heavy atom. The van der Waals surface area contributed by atoms with E-state index < -0.39 is 11.7 Å². The van der Waals surface area contributed by atoms with E-state index in [4.69, 9.17) is 4.98 Å². The van der Waals surface area contributed by atoms with Crippen molar-refractivity contribution in [3.63, 3.8) is 0 Å². The summed E-state index contributed by atoms with van der Waals surface area (Å²) in [6.07, 6.45) is -0.826. The summed E-state index contributed by atoms with van der Waals surface area (Å²) < 4.78 is 40.4. The fourth-order valence-corrected chi connectivity index (χ4v) is 3.82. The Morgan fingerprint density at radius 3 is 2.58 bits per heavy atom. The maximum atomic E-state index is 12.8. The number of nitrogens with one attached hydrogen (secondary N) is 1. The minimum absolute atomic E-state index is 0.0269. The number of rotatable bonds is 6. The summed E-state index contributed by atoms with van der Waals surface area (Å²) in [4.78, 5) is 15.9. The van der Waals surface area contributed by atoms with Gasteiger partial charge in [-0.2, -0.15) is 23.1 Å². The van der Waals surface area contributed by atoms with Crippen LogP contribution in [-0.2, 0) is 12.7 Å². The van der Waals surface area contributed by atoms with Crippen LogP contribution in [0.5, 0.6) is 0 Å². The zero-order valence-corrected chi connectivity index (χ0v) is 17.4. The highest BCUT2D eigenvalue weighted by atomic mass is 19.4. The van der Waals surface area contributed by atoms with E-state index in [2.05, 4.69) is 15.3 Å². The second kappa shape index (κ2) is 8.33. The van der Waals surface area contributed by atoms with Gasteiger partial charge in [0.1, 0.15) is 0 Å². The number of aromatic nitrogens is 4. The van der Waals surface area contributed by atoms with Gasteiger partial charge < -0.3 is 19.9 Å². The molecule has 3 aromatic rings. The van der Waals surface area contributed by atoms with Crippen LogP contribution in [0, 0.1) is 0 Å². The van der Waals surface area contributed by atoms with Crippen LogP contribution in [0.1, 0.15) is 43.9 Å². The van der Waals surface area contributed by atoms with E-state index in [0.717, 1.165) is 31.5 Å². The van der Waals surface area contributed by atoms with Gasteiger partial charge in [0, 0.05) is 19.1 Å². The molecule has 0 unspecified atom stereocenters. The standard InChI is InChI=1S/C21H25F3N6O/c1-13(2)30-12-26-17-18(25-10-14-5-7-15(8-6-14)21(22,23)24)27-20(28-19(17)30)29-9-3-4-16(29)11-31/h5-8,12-13,16,31H,3-4,9-11H2,1-2H3,(H,25,27,28)/t16-/m1/s1. The molecule has 2 N–H and O–H groups in total. The molecule has 0 aliphatic carbocycles. The molecule has 1 aliphatic heterocycles. The number of aliphatic hydroxyl groups is 1. The van der Waals surface area contributed by atoms with Gasteiger partial charge in [-0.25, -0.2) is 4.98 Å². The van der Waals surface area contributed by atoms with Gasteiger partial charge in [-0.05, 0) is 44.4 Å². The van der Waals surface area contributed by atoms with Gasteiger partial charge in [0.15, 0.2) is 17.0 Å². The lowest BCUT2D eigenvalue weighted by atomic mass is 10.1. The second-order valence-electron chi connectivity index (χ2n) is 8.01. The molecule has 1 aromatic carbocycles. The van der Waals surface area contributed by atoms with Crippen LogP contribution < -0.4 is 10.2 Å². The lowest BCUT2D eigenvalue weighted by Crippen LogP contribution is -2.33. The molecule has 1 atom stereocenters. The van der Waals surface area contributed by atoms with Crippen molar-refractivity contribution >= 4 is 22.9 Å². The third-order valence-electron chi connectivity index (χ3n) is 5.55. The SMILES string of the molecule is CC(C)n1cnc2c(NCc3ccc(C(F)(F)F)cc3)nc(N3CCC[C@@H]3CO)nc21. The highest BCUT2D eigenvalue weighted by Gasteiger charge is 2.30. The minimum atomic E-state index is -4.36. The van der Waals surface area contributed by atoms with Crippen LogP contribution in [0.25, 0.3) is 11.2 Å². The largest absolute Gasteiger partial charge is 0.416 e. The lowest BCUT2D eigenvalue weighted by Gasteiger charge is -2.23. The first-order chi connectivity index (χ1) is 14.8. The number of aliphatic hydroxyl groups excluding tert-OH is 1. The molecular formula is C21H25F3N6O. The first-order valence-corrected chi connectivity index (χ1v) is 10.3. The molecule has 10 heteroatoms. The summed E-state index contributed by atoms with van der Waals surface area (Å²) in [7, 11) is 0. The molecule has 31 heavy (non-hydrogen) atoms. The average molecular weight is 434 g/mol. The van der Waals surface area contributed by atoms with Crippen molar-refractivity contribution in [2.24, 2.45) is 0 Å². The third-order valence-corrected chi connectivity index (χ3v) is 5.55. The van der Waals surface area contributed by atoms with E-state index >= 15 is 0 Å². The first kappa shape index (κ1) is 21.4. The van der Waals surface area contributed by atoms with Crippen LogP contribution >= 0.6 is 0 Å². The van der Waals surface area contributed by atoms with Crippen LogP contribution in [-0.4, -0.2) is 43.8 Å². The smallest absolute Gasteiger partial charge is 0.394 e. The maximum absolute atomic E-state index is 12.8. The number of anilines is 2. The molecule has 1 fully saturated rings. The van der Waals surface area contributed by atoms with Gasteiger partial charge in [-0.3, -0.25) is 0 Å². The molecule has 7 nitrogen and oxygen atoms in total. The van der Waals surface area contributed by atoms with Gasteiger partial charge in [-0.15, -0.1) is 0 Å². The summed E-state index contributed by atoms with van der Waals surface area (Å²) in [5.74, 6) is 1.03. The number of hydrogen-bond donors (Lipinski definition) is 2. The summed E-state index contributed by atoms with van der Waals surface area (Å²) in [6, 6.07) is 5.15. The van der Waals surface area contributed by atoms with Crippen LogP contribution in [0.15, 0.2) is 30.6 Å². The molecule has 166 valence electrons. The normalized spacial score (nSPS) is 17.1. The molecule has 0 saturated carbocycles. The summed E-state index contributed by atoms with van der Waals surface area (Å²) in [5, 5.41) is 12.9. The first-order valence-electron chi connectivity index (χ1n) is 10.3. The van der Waals surface area contributed by atoms with Crippen molar-refractivity contribution in [1.29, 1.82) is 0 Å². The Kier molecular flexibility index (Phi) is 5.74. The van der Waals surface area contributed by atoms with E-state index in [1.807, 2.05) is 23.3 Å². The number of benzene rings is 1. The highest BCUT2D eigenvalue weighted by molar-refractivity contribution is 5.84. The number of alkyl halides is 3. The Morgan fingerprint density at radius 1 is 1.19 bits per heavy atom. The quantitative estimate of drug-likeness (QED) is 0.611. The number of halogens is 3. The Hall–Kier alpha value is -2.88. The van der Waals surface area contributed by atoms with Crippen molar-refractivity contribution in [2.75, 3.05) is 23.4 Å². The average Bonchev–Trinajstić information content (AvgIpc) is 3.38. The number of hydrogen-bond acceptors (Lipinski definition) is 6. The van der Waals surface area contributed by atoms with E-state index in [9.17, 15) is 18.3 Å². The molecule has 0 radical (unpaired) electrons. The molecule has 0 spiro atoms. The van der Waals surface area contributed by atoms with E-state index in [1.54, 1.807) is 6.33 Å². The Labute approximate surface area is 177 Å². The van der Waals surface area contributed by atoms with Crippen molar-refractivity contribution in [3.8, 4) is 0 Å². The Bertz CT molecular complexity index is 1050. The predicted octanol–water partition coefficient (Wildman–Crippen LogP) is 4.00. The van der Waals surface area contributed by atoms with Crippen LogP contribution in [0.4, 0.5) is 24.9 Å². The van der Waals surface area contributed by atoms with Crippen molar-refractivity contribution in [2.45, 2.75) is 51.5 Å². The number of imidazole rings is 1. The van der Waals surface area contributed by atoms with Crippen molar-refractivity contribution in [1.82, 2.24) is 19.5 Å². The topological polar surface area (TPSA) is 79.1 Å². The summed E-state index contributed by atoms with van der Waals surface area (Å²) in [5.41, 5.74) is 1.30. The molecule has 1 aliphatic rings. The third kappa shape index (κ3) is 4.30. The monoisotopic (exact) mass is 434 g/mol. The van der Waals surface area contributed by atoms with Crippen molar-refractivity contribution < 1.29 is 18.3 Å². The zero-order valence-electron chi connectivity index (χ0n) is 17.4. The summed E-state index contributed by atoms with van der Waals surface area (Å²) >= 11 is 0. The van der Waals surface area contributed by atoms with Gasteiger partial charge in [0.05, 0.1) is 24.5 Å². The molecule has 0 bridgehead atoms. The molecule has 2 aromatic heterocycles. The number of fused-ring (bicyclic) bond motifs is 1.